The van der Waals surface area contributed by atoms with Crippen LogP contribution in [0.2, 0.25) is 0 Å². The van der Waals surface area contributed by atoms with Gasteiger partial charge >= 0.3 is 6.09 Å². The van der Waals surface area contributed by atoms with E-state index in [2.05, 4.69) is 24.9 Å². The Bertz CT molecular complexity index is 1080. The van der Waals surface area contributed by atoms with Gasteiger partial charge in [-0.3, -0.25) is 4.98 Å². The highest BCUT2D eigenvalue weighted by molar-refractivity contribution is 5.88. The lowest BCUT2D eigenvalue weighted by molar-refractivity contribution is 0.177. The summed E-state index contributed by atoms with van der Waals surface area (Å²) in [4.78, 5) is 36.7. The van der Waals surface area contributed by atoms with Crippen molar-refractivity contribution in [1.82, 2.24) is 24.9 Å². The van der Waals surface area contributed by atoms with Crippen LogP contribution < -0.4 is 4.90 Å². The molecule has 1 amide bonds. The predicted molar refractivity (Wildman–Crippen MR) is 112 cm³/mol. The Morgan fingerprint density at radius 3 is 2.67 bits per heavy atom. The largest absolute Gasteiger partial charge is 0.447 e. The Morgan fingerprint density at radius 2 is 1.93 bits per heavy atom. The number of carbonyl (C=O) groups is 1. The Hall–Kier alpha value is -3.42. The highest BCUT2D eigenvalue weighted by Crippen LogP contribution is 2.26. The summed E-state index contributed by atoms with van der Waals surface area (Å²) < 4.78 is 5.30. The number of hydrogen-bond acceptors (Lipinski definition) is 7. The van der Waals surface area contributed by atoms with Crippen molar-refractivity contribution in [2.45, 2.75) is 40.2 Å². The molecule has 4 heterocycles. The molecule has 0 spiro atoms. The van der Waals surface area contributed by atoms with Gasteiger partial charge in [0.25, 0.3) is 0 Å². The molecule has 0 aromatic carbocycles. The molecular weight excluding hydrogens is 380 g/mol. The third kappa shape index (κ3) is 4.12. The van der Waals surface area contributed by atoms with Crippen molar-refractivity contribution >= 4 is 12.0 Å². The van der Waals surface area contributed by atoms with Crippen LogP contribution in [0.25, 0.3) is 11.5 Å². The van der Waals surface area contributed by atoms with Gasteiger partial charge in [-0.05, 0) is 49.6 Å². The molecule has 3 aromatic heterocycles. The second-order valence-electron chi connectivity index (χ2n) is 7.78. The molecular formula is C22H24N6O2. The van der Waals surface area contributed by atoms with Crippen LogP contribution in [0.3, 0.4) is 0 Å². The smallest absolute Gasteiger partial charge is 0.417 e. The quantitative estimate of drug-likeness (QED) is 0.642. The van der Waals surface area contributed by atoms with E-state index in [4.69, 9.17) is 4.74 Å². The van der Waals surface area contributed by atoms with Gasteiger partial charge in [0.1, 0.15) is 18.1 Å². The van der Waals surface area contributed by atoms with E-state index >= 15 is 0 Å². The normalized spacial score (nSPS) is 16.2. The van der Waals surface area contributed by atoms with Crippen molar-refractivity contribution in [2.75, 3.05) is 11.5 Å². The van der Waals surface area contributed by atoms with Crippen LogP contribution in [0, 0.1) is 19.8 Å². The maximum absolute atomic E-state index is 12.5. The summed E-state index contributed by atoms with van der Waals surface area (Å²) in [5.41, 5.74) is 3.46. The minimum Gasteiger partial charge on any atom is -0.447 e. The number of aryl methyl sites for hydroxylation is 2. The zero-order chi connectivity index (χ0) is 21.3. The van der Waals surface area contributed by atoms with E-state index in [0.717, 1.165) is 17.0 Å². The lowest BCUT2D eigenvalue weighted by Crippen LogP contribution is -2.38. The van der Waals surface area contributed by atoms with Gasteiger partial charge in [0.05, 0.1) is 6.04 Å². The van der Waals surface area contributed by atoms with E-state index in [0.29, 0.717) is 36.3 Å². The first-order valence-electron chi connectivity index (χ1n) is 9.97. The van der Waals surface area contributed by atoms with Crippen molar-refractivity contribution < 1.29 is 9.53 Å². The van der Waals surface area contributed by atoms with Crippen LogP contribution >= 0.6 is 0 Å². The molecule has 154 valence electrons. The van der Waals surface area contributed by atoms with Crippen molar-refractivity contribution in [1.29, 1.82) is 0 Å². The standard InChI is InChI=1S/C22H24N6O2/c1-13(2)18-12-30-22(29)28(18)21-26-19(11-16-8-9-23-15(4)10-16)25-20(27-21)17-7-5-6-14(3)24-17/h5-10,13,18H,11-12H2,1-4H3. The fourth-order valence-corrected chi connectivity index (χ4v) is 3.43. The summed E-state index contributed by atoms with van der Waals surface area (Å²) in [5.74, 6) is 1.49. The van der Waals surface area contributed by atoms with Crippen molar-refractivity contribution in [3.05, 3.63) is 59.3 Å². The monoisotopic (exact) mass is 404 g/mol. The highest BCUT2D eigenvalue weighted by atomic mass is 16.6. The molecule has 1 fully saturated rings. The Morgan fingerprint density at radius 1 is 1.10 bits per heavy atom. The summed E-state index contributed by atoms with van der Waals surface area (Å²) in [6, 6.07) is 9.48. The van der Waals surface area contributed by atoms with Crippen LogP contribution in [0.5, 0.6) is 0 Å². The number of pyridine rings is 2. The van der Waals surface area contributed by atoms with Crippen LogP contribution in [0.4, 0.5) is 10.7 Å². The number of aromatic nitrogens is 5. The van der Waals surface area contributed by atoms with Gasteiger partial charge in [-0.2, -0.15) is 9.97 Å². The lowest BCUT2D eigenvalue weighted by atomic mass is 10.1. The van der Waals surface area contributed by atoms with E-state index in [-0.39, 0.29) is 12.0 Å². The molecule has 30 heavy (non-hydrogen) atoms. The summed E-state index contributed by atoms with van der Waals surface area (Å²) in [5, 5.41) is 0. The maximum atomic E-state index is 12.5. The number of rotatable bonds is 5. The Balaban J connectivity index is 1.81. The molecule has 1 aliphatic heterocycles. The first-order valence-corrected chi connectivity index (χ1v) is 9.97. The summed E-state index contributed by atoms with van der Waals surface area (Å²) in [6.07, 6.45) is 1.82. The molecule has 0 aliphatic carbocycles. The van der Waals surface area contributed by atoms with Gasteiger partial charge in [0.15, 0.2) is 5.82 Å². The van der Waals surface area contributed by atoms with Gasteiger partial charge < -0.3 is 4.74 Å². The van der Waals surface area contributed by atoms with E-state index in [9.17, 15) is 4.79 Å². The molecule has 3 aromatic rings. The van der Waals surface area contributed by atoms with Gasteiger partial charge in [-0.25, -0.2) is 19.7 Å². The average Bonchev–Trinajstić information content (AvgIpc) is 3.09. The van der Waals surface area contributed by atoms with Gasteiger partial charge in [0.2, 0.25) is 5.95 Å². The van der Waals surface area contributed by atoms with Crippen LogP contribution in [0.15, 0.2) is 36.5 Å². The minimum atomic E-state index is -0.436. The predicted octanol–water partition coefficient (Wildman–Crippen LogP) is 3.52. The zero-order valence-corrected chi connectivity index (χ0v) is 17.5. The van der Waals surface area contributed by atoms with E-state index in [1.807, 2.05) is 58.0 Å². The number of ether oxygens (including phenoxy) is 1. The van der Waals surface area contributed by atoms with E-state index < -0.39 is 6.09 Å². The SMILES string of the molecule is Cc1cc(Cc2nc(-c3cccc(C)n3)nc(N3C(=O)OCC3C(C)C)n2)ccn1. The number of cyclic esters (lactones) is 1. The second kappa shape index (κ2) is 8.14. The third-order valence-electron chi connectivity index (χ3n) is 5.00. The third-order valence-corrected chi connectivity index (χ3v) is 5.00. The van der Waals surface area contributed by atoms with Gasteiger partial charge in [-0.15, -0.1) is 0 Å². The molecule has 1 saturated heterocycles. The van der Waals surface area contributed by atoms with Crippen LogP contribution in [-0.2, 0) is 11.2 Å². The number of hydrogen-bond donors (Lipinski definition) is 0. The van der Waals surface area contributed by atoms with Crippen LogP contribution in [0.1, 0.15) is 36.6 Å². The Kier molecular flexibility index (Phi) is 5.39. The lowest BCUT2D eigenvalue weighted by Gasteiger charge is -2.23. The summed E-state index contributed by atoms with van der Waals surface area (Å²) in [6.45, 7) is 8.27. The number of nitrogens with zero attached hydrogens (tertiary/aromatic N) is 6. The zero-order valence-electron chi connectivity index (χ0n) is 17.5. The number of anilines is 1. The van der Waals surface area contributed by atoms with E-state index in [1.165, 1.54) is 4.90 Å². The topological polar surface area (TPSA) is 94.0 Å². The molecule has 4 rings (SSSR count). The molecule has 8 heteroatoms. The minimum absolute atomic E-state index is 0.130. The van der Waals surface area contributed by atoms with Gasteiger partial charge in [-0.1, -0.05) is 19.9 Å². The molecule has 8 nitrogen and oxygen atoms in total. The van der Waals surface area contributed by atoms with E-state index in [1.54, 1.807) is 6.20 Å². The van der Waals surface area contributed by atoms with Gasteiger partial charge in [0, 0.05) is 24.0 Å². The maximum Gasteiger partial charge on any atom is 0.417 e. The first kappa shape index (κ1) is 19.9. The summed E-state index contributed by atoms with van der Waals surface area (Å²) >= 11 is 0. The molecule has 1 unspecified atom stereocenters. The first-order chi connectivity index (χ1) is 14.4. The molecule has 1 atom stereocenters. The molecule has 1 aliphatic rings. The van der Waals surface area contributed by atoms with Crippen molar-refractivity contribution in [2.24, 2.45) is 5.92 Å². The second-order valence-corrected chi connectivity index (χ2v) is 7.78. The fourth-order valence-electron chi connectivity index (χ4n) is 3.43. The molecule has 0 radical (unpaired) electrons. The van der Waals surface area contributed by atoms with Crippen LogP contribution in [-0.4, -0.2) is 43.7 Å². The van der Waals surface area contributed by atoms with Crippen molar-refractivity contribution in [3.8, 4) is 11.5 Å². The summed E-state index contributed by atoms with van der Waals surface area (Å²) in [7, 11) is 0. The number of amides is 1. The molecule has 0 bridgehead atoms. The number of carbonyl (C=O) groups excluding carboxylic acids is 1. The average molecular weight is 404 g/mol. The highest BCUT2D eigenvalue weighted by Gasteiger charge is 2.38. The Labute approximate surface area is 175 Å². The molecule has 0 saturated carbocycles. The molecule has 0 N–H and O–H groups in total. The fraction of sp³-hybridized carbons (Fsp3) is 0.364. The van der Waals surface area contributed by atoms with Crippen molar-refractivity contribution in [3.63, 3.8) is 0 Å².